The third-order valence-electron chi connectivity index (χ3n) is 6.44. The number of rotatable bonds is 2. The fraction of sp³-hybridized carbons (Fsp3) is 0.219. The Bertz CT molecular complexity index is 1910. The molecular formula is C32H29Cl2N5O4. The molecule has 0 bridgehead atoms. The Labute approximate surface area is 258 Å². The summed E-state index contributed by atoms with van der Waals surface area (Å²) < 4.78 is 6.86. The number of ether oxygens (including phenoxy) is 1. The summed E-state index contributed by atoms with van der Waals surface area (Å²) in [6, 6.07) is 15.4. The molecule has 1 aliphatic carbocycles. The second kappa shape index (κ2) is 11.7. The highest BCUT2D eigenvalue weighted by Crippen LogP contribution is 2.35. The van der Waals surface area contributed by atoms with Crippen LogP contribution in [0.1, 0.15) is 49.1 Å². The summed E-state index contributed by atoms with van der Waals surface area (Å²) in [5.74, 6) is 0.0592. The number of halogens is 2. The maximum absolute atomic E-state index is 12.8. The van der Waals surface area contributed by atoms with Crippen molar-refractivity contribution < 1.29 is 19.7 Å². The second-order valence-corrected chi connectivity index (χ2v) is 11.8. The molecule has 220 valence electrons. The van der Waals surface area contributed by atoms with Gasteiger partial charge in [0, 0.05) is 17.8 Å². The van der Waals surface area contributed by atoms with Crippen LogP contribution in [0.25, 0.3) is 34.1 Å². The molecule has 5 heterocycles. The first-order chi connectivity index (χ1) is 20.3. The van der Waals surface area contributed by atoms with Crippen molar-refractivity contribution in [3.8, 4) is 22.9 Å². The monoisotopic (exact) mass is 617 g/mol. The van der Waals surface area contributed by atoms with E-state index in [4.69, 9.17) is 27.9 Å². The first kappa shape index (κ1) is 30.0. The van der Waals surface area contributed by atoms with Crippen LogP contribution in [0.3, 0.4) is 0 Å². The number of aromatic hydroxyl groups is 2. The molecule has 1 aliphatic rings. The molecule has 0 saturated carbocycles. The summed E-state index contributed by atoms with van der Waals surface area (Å²) in [7, 11) is 0. The van der Waals surface area contributed by atoms with Gasteiger partial charge < -0.3 is 14.9 Å². The average molecular weight is 619 g/mol. The van der Waals surface area contributed by atoms with E-state index in [1.807, 2.05) is 26.0 Å². The highest BCUT2D eigenvalue weighted by molar-refractivity contribution is 6.29. The number of nitrogens with zero attached hydrogens (tertiary/aromatic N) is 5. The van der Waals surface area contributed by atoms with Crippen molar-refractivity contribution in [2.75, 3.05) is 0 Å². The molecule has 43 heavy (non-hydrogen) atoms. The number of allylic oxidation sites excluding steroid dienone is 1. The van der Waals surface area contributed by atoms with Crippen LogP contribution in [0.15, 0.2) is 54.6 Å². The van der Waals surface area contributed by atoms with Gasteiger partial charge in [0.15, 0.2) is 0 Å². The lowest BCUT2D eigenvalue weighted by Gasteiger charge is -2.21. The molecule has 0 aromatic carbocycles. The largest absolute Gasteiger partial charge is 0.506 e. The standard InChI is InChI=1S/C18H18ClN3O3.C14H11ClN2O/c1-10-5-6-12-11(20-10)9-13(16-14(23)7-8-15(19)21-16)22(12)17(24)25-18(2,3)4;1-8-2-3-9-6-10(7-11(9)16-8)14-12(18)4-5-13(15)17-14/h5-9,23H,1-4H3;2-5,7,18H,6H2,1H3. The lowest BCUT2D eigenvalue weighted by atomic mass is 10.1. The predicted octanol–water partition coefficient (Wildman–Crippen LogP) is 7.79. The number of pyridine rings is 4. The minimum atomic E-state index is -0.674. The van der Waals surface area contributed by atoms with Crippen LogP contribution in [0.5, 0.6) is 11.5 Å². The van der Waals surface area contributed by atoms with E-state index in [2.05, 4.69) is 26.0 Å². The van der Waals surface area contributed by atoms with E-state index in [9.17, 15) is 15.0 Å². The summed E-state index contributed by atoms with van der Waals surface area (Å²) in [4.78, 5) is 30.0. The minimum Gasteiger partial charge on any atom is -0.506 e. The van der Waals surface area contributed by atoms with Crippen LogP contribution in [-0.4, -0.2) is 46.4 Å². The van der Waals surface area contributed by atoms with Crippen LogP contribution in [0, 0.1) is 13.8 Å². The summed E-state index contributed by atoms with van der Waals surface area (Å²) in [5, 5.41) is 20.6. The van der Waals surface area contributed by atoms with Crippen molar-refractivity contribution in [2.45, 2.75) is 46.6 Å². The van der Waals surface area contributed by atoms with Gasteiger partial charge >= 0.3 is 6.09 Å². The van der Waals surface area contributed by atoms with E-state index in [1.54, 1.807) is 51.1 Å². The van der Waals surface area contributed by atoms with Crippen molar-refractivity contribution in [3.63, 3.8) is 0 Å². The minimum absolute atomic E-state index is 0.0891. The Morgan fingerprint density at radius 1 is 0.837 bits per heavy atom. The highest BCUT2D eigenvalue weighted by atomic mass is 35.5. The zero-order valence-corrected chi connectivity index (χ0v) is 25.7. The quantitative estimate of drug-likeness (QED) is 0.192. The first-order valence-corrected chi connectivity index (χ1v) is 14.2. The van der Waals surface area contributed by atoms with Gasteiger partial charge in [0.25, 0.3) is 0 Å². The number of hydrogen-bond acceptors (Lipinski definition) is 8. The molecule has 0 unspecified atom stereocenters. The van der Waals surface area contributed by atoms with E-state index < -0.39 is 11.7 Å². The number of carbonyl (C=O) groups is 1. The third-order valence-corrected chi connectivity index (χ3v) is 6.86. The van der Waals surface area contributed by atoms with Gasteiger partial charge in [-0.1, -0.05) is 29.3 Å². The fourth-order valence-electron chi connectivity index (χ4n) is 4.60. The summed E-state index contributed by atoms with van der Waals surface area (Å²) in [6.07, 6.45) is 2.11. The second-order valence-electron chi connectivity index (χ2n) is 11.0. The van der Waals surface area contributed by atoms with Gasteiger partial charge in [0.1, 0.15) is 38.8 Å². The Kier molecular flexibility index (Phi) is 8.14. The van der Waals surface area contributed by atoms with Gasteiger partial charge in [-0.3, -0.25) is 9.97 Å². The van der Waals surface area contributed by atoms with E-state index in [-0.39, 0.29) is 22.3 Å². The molecule has 0 spiro atoms. The first-order valence-electron chi connectivity index (χ1n) is 13.4. The summed E-state index contributed by atoms with van der Waals surface area (Å²) in [6.45, 7) is 9.18. The molecule has 0 atom stereocenters. The zero-order chi connectivity index (χ0) is 31.1. The smallest absolute Gasteiger partial charge is 0.419 e. The van der Waals surface area contributed by atoms with Gasteiger partial charge in [0.2, 0.25) is 0 Å². The zero-order valence-electron chi connectivity index (χ0n) is 24.2. The topological polar surface area (TPSA) is 123 Å². The van der Waals surface area contributed by atoms with E-state index in [0.717, 1.165) is 34.6 Å². The van der Waals surface area contributed by atoms with Crippen molar-refractivity contribution >= 4 is 52.0 Å². The predicted molar refractivity (Wildman–Crippen MR) is 167 cm³/mol. The number of aryl methyl sites for hydroxylation is 2. The Hall–Kier alpha value is -4.47. The molecule has 5 aromatic heterocycles. The van der Waals surface area contributed by atoms with Crippen LogP contribution >= 0.6 is 23.2 Å². The summed E-state index contributed by atoms with van der Waals surface area (Å²) >= 11 is 11.8. The lowest BCUT2D eigenvalue weighted by Crippen LogP contribution is -2.27. The number of carbonyl (C=O) groups excluding carboxylic acids is 1. The molecule has 0 fully saturated rings. The SMILES string of the molecule is Cc1ccc2c(cc(-c3nc(Cl)ccc3O)n2C(=O)OC(C)(C)C)n1.Cc1ccc2c(n1)C=C(c1nc(Cl)ccc1O)C2. The molecule has 0 aliphatic heterocycles. The molecule has 0 radical (unpaired) electrons. The van der Waals surface area contributed by atoms with E-state index >= 15 is 0 Å². The number of fused-ring (bicyclic) bond motifs is 2. The van der Waals surface area contributed by atoms with Crippen molar-refractivity contribution in [2.24, 2.45) is 0 Å². The molecule has 5 aromatic rings. The van der Waals surface area contributed by atoms with Crippen LogP contribution < -0.4 is 0 Å². The van der Waals surface area contributed by atoms with Crippen LogP contribution in [0.2, 0.25) is 10.3 Å². The van der Waals surface area contributed by atoms with Gasteiger partial charge in [-0.25, -0.2) is 19.3 Å². The molecular weight excluding hydrogens is 589 g/mol. The maximum atomic E-state index is 12.8. The maximum Gasteiger partial charge on any atom is 0.419 e. The van der Waals surface area contributed by atoms with Crippen LogP contribution in [-0.2, 0) is 11.2 Å². The Morgan fingerprint density at radius 3 is 2.12 bits per heavy atom. The highest BCUT2D eigenvalue weighted by Gasteiger charge is 2.25. The van der Waals surface area contributed by atoms with Crippen LogP contribution in [0.4, 0.5) is 4.79 Å². The van der Waals surface area contributed by atoms with Crippen molar-refractivity contribution in [3.05, 3.63) is 93.2 Å². The molecule has 0 saturated heterocycles. The van der Waals surface area contributed by atoms with E-state index in [1.165, 1.54) is 16.7 Å². The Balaban J connectivity index is 0.000000180. The van der Waals surface area contributed by atoms with Gasteiger partial charge in [-0.05, 0) is 100 Å². The van der Waals surface area contributed by atoms with Crippen molar-refractivity contribution in [1.82, 2.24) is 24.5 Å². The van der Waals surface area contributed by atoms with Gasteiger partial charge in [-0.15, -0.1) is 0 Å². The third kappa shape index (κ3) is 6.63. The average Bonchev–Trinajstić information content (AvgIpc) is 3.51. The number of aromatic nitrogens is 5. The molecule has 9 nitrogen and oxygen atoms in total. The number of hydrogen-bond donors (Lipinski definition) is 2. The summed E-state index contributed by atoms with van der Waals surface area (Å²) in [5.41, 5.74) is 6.42. The molecule has 6 rings (SSSR count). The van der Waals surface area contributed by atoms with Gasteiger partial charge in [0.05, 0.1) is 22.4 Å². The molecule has 0 amide bonds. The Morgan fingerprint density at radius 2 is 1.44 bits per heavy atom. The van der Waals surface area contributed by atoms with Crippen molar-refractivity contribution in [1.29, 1.82) is 0 Å². The van der Waals surface area contributed by atoms with E-state index in [0.29, 0.717) is 27.6 Å². The molecule has 2 N–H and O–H groups in total. The fourth-order valence-corrected chi connectivity index (χ4v) is 4.90. The normalized spacial score (nSPS) is 12.4. The van der Waals surface area contributed by atoms with Gasteiger partial charge in [-0.2, -0.15) is 0 Å². The molecule has 11 heteroatoms. The lowest BCUT2D eigenvalue weighted by molar-refractivity contribution is 0.0547.